The number of nitrogens with zero attached hydrogens (tertiary/aromatic N) is 2. The van der Waals surface area contributed by atoms with E-state index in [1.165, 1.54) is 62.5 Å². The molecule has 0 aliphatic heterocycles. The zero-order chi connectivity index (χ0) is 30.7. The molecule has 1 heterocycles. The molecule has 1 aliphatic carbocycles. The zero-order valence-electron chi connectivity index (χ0n) is 25.6. The molecular formula is C37H43N3O3S. The highest BCUT2D eigenvalue weighted by molar-refractivity contribution is 7.14. The number of carbonyl (C=O) groups is 2. The average molecular weight is 610 g/mol. The van der Waals surface area contributed by atoms with E-state index in [-0.39, 0.29) is 18.9 Å². The van der Waals surface area contributed by atoms with E-state index in [4.69, 9.17) is 10.1 Å². The number of hydrogen-bond acceptors (Lipinski definition) is 5. The standard InChI is InChI=1S/C37H43N3O3S/c1-2-3-5-8-27-11-15-31(16-12-27)34-26-44-37(39-34)40(33-21-19-30(20-22-33)29-9-6-4-7-10-29)25-28-13-17-32(18-14-28)36(43)38-24-23-35(41)42/h11-22,26,29H,2-10,23-25H2,1H3,(H,38,43)(H,41,42). The van der Waals surface area contributed by atoms with Gasteiger partial charge in [0.25, 0.3) is 5.91 Å². The number of unbranched alkanes of at least 4 members (excludes halogenated alkanes) is 2. The van der Waals surface area contributed by atoms with E-state index in [1.54, 1.807) is 23.5 Å². The second kappa shape index (κ2) is 15.7. The van der Waals surface area contributed by atoms with E-state index in [2.05, 4.69) is 71.1 Å². The molecule has 1 aliphatic rings. The van der Waals surface area contributed by atoms with E-state index in [1.807, 2.05) is 12.1 Å². The Hall–Kier alpha value is -3.97. The van der Waals surface area contributed by atoms with Crippen LogP contribution in [0.3, 0.4) is 0 Å². The van der Waals surface area contributed by atoms with Crippen molar-refractivity contribution >= 4 is 34.0 Å². The van der Waals surface area contributed by atoms with Gasteiger partial charge in [-0.1, -0.05) is 87.6 Å². The first-order valence-corrected chi connectivity index (χ1v) is 16.9. The van der Waals surface area contributed by atoms with Gasteiger partial charge in [-0.05, 0) is 72.6 Å². The number of aryl methyl sites for hydroxylation is 1. The number of anilines is 2. The van der Waals surface area contributed by atoms with Gasteiger partial charge in [0.2, 0.25) is 0 Å². The fourth-order valence-corrected chi connectivity index (χ4v) is 6.76. The molecule has 1 saturated carbocycles. The Balaban J connectivity index is 1.35. The van der Waals surface area contributed by atoms with Gasteiger partial charge in [-0.3, -0.25) is 9.59 Å². The summed E-state index contributed by atoms with van der Waals surface area (Å²) in [4.78, 5) is 30.6. The molecule has 4 aromatic rings. The lowest BCUT2D eigenvalue weighted by atomic mass is 9.84. The largest absolute Gasteiger partial charge is 0.481 e. The van der Waals surface area contributed by atoms with Crippen LogP contribution in [0.25, 0.3) is 11.3 Å². The number of thiazole rings is 1. The lowest BCUT2D eigenvalue weighted by Gasteiger charge is -2.25. The Morgan fingerprint density at radius 3 is 2.30 bits per heavy atom. The van der Waals surface area contributed by atoms with Crippen LogP contribution >= 0.6 is 11.3 Å². The molecule has 3 aromatic carbocycles. The van der Waals surface area contributed by atoms with Crippen molar-refractivity contribution in [2.45, 2.75) is 83.6 Å². The topological polar surface area (TPSA) is 82.5 Å². The third-order valence-corrected chi connectivity index (χ3v) is 9.37. The fourth-order valence-electron chi connectivity index (χ4n) is 5.90. The van der Waals surface area contributed by atoms with Gasteiger partial charge in [0.15, 0.2) is 5.13 Å². The first kappa shape index (κ1) is 31.5. The number of amides is 1. The minimum Gasteiger partial charge on any atom is -0.481 e. The molecule has 0 spiro atoms. The third-order valence-electron chi connectivity index (χ3n) is 8.50. The molecule has 6 nitrogen and oxygen atoms in total. The summed E-state index contributed by atoms with van der Waals surface area (Å²) < 4.78 is 0. The summed E-state index contributed by atoms with van der Waals surface area (Å²) in [5.41, 5.74) is 7.54. The number of hydrogen-bond donors (Lipinski definition) is 2. The molecule has 0 saturated heterocycles. The smallest absolute Gasteiger partial charge is 0.305 e. The highest BCUT2D eigenvalue weighted by Gasteiger charge is 2.19. The zero-order valence-corrected chi connectivity index (χ0v) is 26.5. The van der Waals surface area contributed by atoms with E-state index in [9.17, 15) is 9.59 Å². The maximum atomic E-state index is 12.5. The molecule has 5 rings (SSSR count). The lowest BCUT2D eigenvalue weighted by Crippen LogP contribution is -2.26. The van der Waals surface area contributed by atoms with Gasteiger partial charge in [-0.15, -0.1) is 11.3 Å². The fraction of sp³-hybridized carbons (Fsp3) is 0.378. The summed E-state index contributed by atoms with van der Waals surface area (Å²) in [5.74, 6) is -0.553. The van der Waals surface area contributed by atoms with Crippen molar-refractivity contribution in [3.05, 3.63) is 100 Å². The molecule has 0 bridgehead atoms. The number of aliphatic carboxylic acids is 1. The first-order valence-electron chi connectivity index (χ1n) is 16.0. The quantitative estimate of drug-likeness (QED) is 0.139. The molecular weight excluding hydrogens is 566 g/mol. The molecule has 1 fully saturated rings. The molecule has 7 heteroatoms. The first-order chi connectivity index (χ1) is 21.5. The molecule has 0 atom stereocenters. The number of nitrogens with one attached hydrogen (secondary N) is 1. The summed E-state index contributed by atoms with van der Waals surface area (Å²) in [6.07, 6.45) is 11.2. The number of carbonyl (C=O) groups excluding carboxylic acids is 1. The maximum absolute atomic E-state index is 12.5. The average Bonchev–Trinajstić information content (AvgIpc) is 3.55. The van der Waals surface area contributed by atoms with Crippen molar-refractivity contribution in [2.24, 2.45) is 0 Å². The maximum Gasteiger partial charge on any atom is 0.305 e. The van der Waals surface area contributed by atoms with E-state index < -0.39 is 5.97 Å². The van der Waals surface area contributed by atoms with Gasteiger partial charge in [0, 0.05) is 28.7 Å². The normalized spacial score (nSPS) is 13.5. The summed E-state index contributed by atoms with van der Waals surface area (Å²) in [5, 5.41) is 14.6. The summed E-state index contributed by atoms with van der Waals surface area (Å²) >= 11 is 1.64. The third kappa shape index (κ3) is 8.56. The van der Waals surface area contributed by atoms with Crippen LogP contribution in [-0.4, -0.2) is 28.5 Å². The highest BCUT2D eigenvalue weighted by atomic mass is 32.1. The molecule has 44 heavy (non-hydrogen) atoms. The van der Waals surface area contributed by atoms with Crippen molar-refractivity contribution < 1.29 is 14.7 Å². The SMILES string of the molecule is CCCCCc1ccc(-c2csc(N(Cc3ccc(C(=O)NCCC(=O)O)cc3)c3ccc(C4CCCCC4)cc3)n2)cc1. The summed E-state index contributed by atoms with van der Waals surface area (Å²) in [6, 6.07) is 25.4. The van der Waals surface area contributed by atoms with Crippen molar-refractivity contribution in [3.8, 4) is 11.3 Å². The Morgan fingerprint density at radius 1 is 0.909 bits per heavy atom. The van der Waals surface area contributed by atoms with Crippen LogP contribution in [-0.2, 0) is 17.8 Å². The van der Waals surface area contributed by atoms with Gasteiger partial charge in [-0.2, -0.15) is 0 Å². The van der Waals surface area contributed by atoms with Crippen LogP contribution in [0.5, 0.6) is 0 Å². The van der Waals surface area contributed by atoms with E-state index in [0.717, 1.165) is 34.1 Å². The van der Waals surface area contributed by atoms with Crippen LogP contribution in [0.1, 0.15) is 97.7 Å². The lowest BCUT2D eigenvalue weighted by molar-refractivity contribution is -0.136. The van der Waals surface area contributed by atoms with Crippen LogP contribution < -0.4 is 10.2 Å². The number of rotatable bonds is 14. The van der Waals surface area contributed by atoms with Crippen LogP contribution in [0.4, 0.5) is 10.8 Å². The minimum atomic E-state index is -0.933. The van der Waals surface area contributed by atoms with E-state index >= 15 is 0 Å². The molecule has 1 aromatic heterocycles. The summed E-state index contributed by atoms with van der Waals surface area (Å²) in [7, 11) is 0. The molecule has 2 N–H and O–H groups in total. The van der Waals surface area contributed by atoms with Crippen LogP contribution in [0, 0.1) is 0 Å². The molecule has 0 unspecified atom stereocenters. The van der Waals surface area contributed by atoms with Crippen molar-refractivity contribution in [2.75, 3.05) is 11.4 Å². The van der Waals surface area contributed by atoms with E-state index in [0.29, 0.717) is 18.0 Å². The number of carboxylic acid groups (broad SMARTS) is 1. The number of aromatic nitrogens is 1. The van der Waals surface area contributed by atoms with Gasteiger partial charge < -0.3 is 15.3 Å². The van der Waals surface area contributed by atoms with Crippen molar-refractivity contribution in [3.63, 3.8) is 0 Å². The van der Waals surface area contributed by atoms with Gasteiger partial charge in [0.05, 0.1) is 18.7 Å². The highest BCUT2D eigenvalue weighted by Crippen LogP contribution is 2.37. The Kier molecular flexibility index (Phi) is 11.2. The van der Waals surface area contributed by atoms with Crippen LogP contribution in [0.15, 0.2) is 78.2 Å². The second-order valence-electron chi connectivity index (χ2n) is 11.8. The minimum absolute atomic E-state index is 0.1000. The predicted molar refractivity (Wildman–Crippen MR) is 180 cm³/mol. The molecule has 0 radical (unpaired) electrons. The Bertz CT molecular complexity index is 1490. The van der Waals surface area contributed by atoms with Gasteiger partial charge in [0.1, 0.15) is 0 Å². The van der Waals surface area contributed by atoms with Gasteiger partial charge in [-0.25, -0.2) is 4.98 Å². The Labute approximate surface area is 265 Å². The molecule has 230 valence electrons. The van der Waals surface area contributed by atoms with Crippen molar-refractivity contribution in [1.82, 2.24) is 10.3 Å². The van der Waals surface area contributed by atoms with Gasteiger partial charge >= 0.3 is 5.97 Å². The van der Waals surface area contributed by atoms with Crippen LogP contribution in [0.2, 0.25) is 0 Å². The number of carboxylic acids is 1. The number of benzene rings is 3. The van der Waals surface area contributed by atoms with Crippen molar-refractivity contribution in [1.29, 1.82) is 0 Å². The monoisotopic (exact) mass is 609 g/mol. The summed E-state index contributed by atoms with van der Waals surface area (Å²) in [6.45, 7) is 2.94. The molecule has 1 amide bonds. The second-order valence-corrected chi connectivity index (χ2v) is 12.6. The predicted octanol–water partition coefficient (Wildman–Crippen LogP) is 9.13. The Morgan fingerprint density at radius 2 is 1.61 bits per heavy atom.